The highest BCUT2D eigenvalue weighted by molar-refractivity contribution is 7.89. The second-order valence-corrected chi connectivity index (χ2v) is 9.68. The Morgan fingerprint density at radius 2 is 1.61 bits per heavy atom. The van der Waals surface area contributed by atoms with Crippen LogP contribution >= 0.6 is 0 Å². The molecule has 0 radical (unpaired) electrons. The monoisotopic (exact) mass is 447 g/mol. The van der Waals surface area contributed by atoms with Crippen molar-refractivity contribution in [1.29, 1.82) is 0 Å². The molecular formula is C22H29N3O5S. The first-order valence-corrected chi connectivity index (χ1v) is 11.4. The quantitative estimate of drug-likeness (QED) is 0.575. The van der Waals surface area contributed by atoms with Crippen molar-refractivity contribution in [3.05, 3.63) is 59.7 Å². The average Bonchev–Trinajstić information content (AvgIpc) is 2.72. The van der Waals surface area contributed by atoms with Crippen LogP contribution in [0.2, 0.25) is 0 Å². The SMILES string of the molecule is Cc1ccc(S(=O)(=O)N(C)CC(=O)NNC(=O)c2ccc(OCCC(C)C)cc2)cc1. The molecule has 0 aromatic heterocycles. The fourth-order valence-corrected chi connectivity index (χ4v) is 3.66. The van der Waals surface area contributed by atoms with Crippen LogP contribution in [0.4, 0.5) is 0 Å². The zero-order valence-corrected chi connectivity index (χ0v) is 19.0. The Morgan fingerprint density at radius 3 is 2.19 bits per heavy atom. The lowest BCUT2D eigenvalue weighted by Gasteiger charge is -2.17. The van der Waals surface area contributed by atoms with Crippen molar-refractivity contribution in [3.63, 3.8) is 0 Å². The highest BCUT2D eigenvalue weighted by Crippen LogP contribution is 2.15. The third-order valence-corrected chi connectivity index (χ3v) is 6.31. The van der Waals surface area contributed by atoms with Gasteiger partial charge in [0.1, 0.15) is 5.75 Å². The summed E-state index contributed by atoms with van der Waals surface area (Å²) in [7, 11) is -2.51. The van der Waals surface area contributed by atoms with Crippen LogP contribution in [-0.4, -0.2) is 44.7 Å². The van der Waals surface area contributed by atoms with Gasteiger partial charge in [0, 0.05) is 12.6 Å². The van der Waals surface area contributed by atoms with E-state index in [-0.39, 0.29) is 4.90 Å². The summed E-state index contributed by atoms with van der Waals surface area (Å²) >= 11 is 0. The van der Waals surface area contributed by atoms with E-state index in [1.807, 2.05) is 6.92 Å². The number of ether oxygens (including phenoxy) is 1. The molecule has 0 aliphatic rings. The number of benzene rings is 2. The number of nitrogens with zero attached hydrogens (tertiary/aromatic N) is 1. The zero-order chi connectivity index (χ0) is 23.0. The van der Waals surface area contributed by atoms with E-state index in [2.05, 4.69) is 24.7 Å². The molecule has 0 atom stereocenters. The van der Waals surface area contributed by atoms with Crippen molar-refractivity contribution in [2.75, 3.05) is 20.2 Å². The van der Waals surface area contributed by atoms with Gasteiger partial charge >= 0.3 is 0 Å². The number of sulfonamides is 1. The summed E-state index contributed by atoms with van der Waals surface area (Å²) < 4.78 is 31.6. The first-order chi connectivity index (χ1) is 14.6. The van der Waals surface area contributed by atoms with Crippen molar-refractivity contribution < 1.29 is 22.7 Å². The number of aryl methyl sites for hydroxylation is 1. The van der Waals surface area contributed by atoms with Gasteiger partial charge in [0.05, 0.1) is 18.0 Å². The molecule has 0 saturated heterocycles. The summed E-state index contributed by atoms with van der Waals surface area (Å²) in [6.45, 7) is 6.22. The van der Waals surface area contributed by atoms with Gasteiger partial charge in [-0.15, -0.1) is 0 Å². The average molecular weight is 448 g/mol. The molecule has 0 fully saturated rings. The molecule has 0 aliphatic carbocycles. The number of likely N-dealkylation sites (N-methyl/N-ethyl adjacent to an activating group) is 1. The van der Waals surface area contributed by atoms with E-state index in [4.69, 9.17) is 4.74 Å². The van der Waals surface area contributed by atoms with Crippen molar-refractivity contribution >= 4 is 21.8 Å². The summed E-state index contributed by atoms with van der Waals surface area (Å²) in [5.41, 5.74) is 5.77. The Labute approximate surface area is 183 Å². The van der Waals surface area contributed by atoms with E-state index in [9.17, 15) is 18.0 Å². The van der Waals surface area contributed by atoms with Gasteiger partial charge in [-0.2, -0.15) is 4.31 Å². The second-order valence-electron chi connectivity index (χ2n) is 7.63. The Kier molecular flexibility index (Phi) is 8.58. The lowest BCUT2D eigenvalue weighted by Crippen LogP contribution is -2.46. The fourth-order valence-electron chi connectivity index (χ4n) is 2.53. The fraction of sp³-hybridized carbons (Fsp3) is 0.364. The van der Waals surface area contributed by atoms with Gasteiger partial charge in [-0.05, 0) is 55.7 Å². The van der Waals surface area contributed by atoms with Crippen LogP contribution in [0.5, 0.6) is 5.75 Å². The minimum Gasteiger partial charge on any atom is -0.494 e. The molecular weight excluding hydrogens is 418 g/mol. The molecule has 0 heterocycles. The summed E-state index contributed by atoms with van der Waals surface area (Å²) in [6, 6.07) is 12.9. The molecule has 2 aromatic rings. The molecule has 8 nitrogen and oxygen atoms in total. The van der Waals surface area contributed by atoms with Gasteiger partial charge in [0.15, 0.2) is 0 Å². The normalized spacial score (nSPS) is 11.4. The highest BCUT2D eigenvalue weighted by atomic mass is 32.2. The topological polar surface area (TPSA) is 105 Å². The van der Waals surface area contributed by atoms with Crippen LogP contribution in [0.1, 0.15) is 36.2 Å². The van der Waals surface area contributed by atoms with E-state index in [1.54, 1.807) is 36.4 Å². The molecule has 2 rings (SSSR count). The van der Waals surface area contributed by atoms with E-state index in [1.165, 1.54) is 19.2 Å². The predicted molar refractivity (Wildman–Crippen MR) is 118 cm³/mol. The maximum Gasteiger partial charge on any atom is 0.269 e. The minimum absolute atomic E-state index is 0.0909. The van der Waals surface area contributed by atoms with Crippen LogP contribution in [-0.2, 0) is 14.8 Å². The largest absolute Gasteiger partial charge is 0.494 e. The van der Waals surface area contributed by atoms with Gasteiger partial charge in [-0.25, -0.2) is 8.42 Å². The second kappa shape index (κ2) is 10.9. The molecule has 0 unspecified atom stereocenters. The molecule has 2 amide bonds. The maximum atomic E-state index is 12.5. The van der Waals surface area contributed by atoms with Crippen LogP contribution in [0.15, 0.2) is 53.4 Å². The van der Waals surface area contributed by atoms with Gasteiger partial charge < -0.3 is 4.74 Å². The van der Waals surface area contributed by atoms with Crippen molar-refractivity contribution in [1.82, 2.24) is 15.2 Å². The molecule has 0 aliphatic heterocycles. The number of rotatable bonds is 9. The molecule has 2 aromatic carbocycles. The smallest absolute Gasteiger partial charge is 0.269 e. The molecule has 0 bridgehead atoms. The van der Waals surface area contributed by atoms with Gasteiger partial charge in [0.2, 0.25) is 10.0 Å². The van der Waals surface area contributed by atoms with E-state index >= 15 is 0 Å². The summed E-state index contributed by atoms with van der Waals surface area (Å²) in [6.07, 6.45) is 0.933. The summed E-state index contributed by atoms with van der Waals surface area (Å²) in [5.74, 6) is 0.00931. The summed E-state index contributed by atoms with van der Waals surface area (Å²) in [4.78, 5) is 24.4. The standard InChI is InChI=1S/C22H29N3O5S/c1-16(2)13-14-30-19-9-7-18(8-10-19)22(27)24-23-21(26)15-25(4)31(28,29)20-11-5-17(3)6-12-20/h5-12,16H,13-15H2,1-4H3,(H,23,26)(H,24,27). The highest BCUT2D eigenvalue weighted by Gasteiger charge is 2.23. The predicted octanol–water partition coefficient (Wildman–Crippen LogP) is 2.50. The van der Waals surface area contributed by atoms with Crippen molar-refractivity contribution in [2.45, 2.75) is 32.1 Å². The Hall–Kier alpha value is -2.91. The van der Waals surface area contributed by atoms with Crippen LogP contribution in [0, 0.1) is 12.8 Å². The van der Waals surface area contributed by atoms with Crippen LogP contribution in [0.25, 0.3) is 0 Å². The first-order valence-electron chi connectivity index (χ1n) is 9.94. The van der Waals surface area contributed by atoms with Crippen molar-refractivity contribution in [2.24, 2.45) is 5.92 Å². The maximum absolute atomic E-state index is 12.5. The number of hydrogen-bond acceptors (Lipinski definition) is 5. The number of amides is 2. The zero-order valence-electron chi connectivity index (χ0n) is 18.2. The van der Waals surface area contributed by atoms with Gasteiger partial charge in [-0.1, -0.05) is 31.5 Å². The minimum atomic E-state index is -3.81. The molecule has 9 heteroatoms. The number of carbonyl (C=O) groups is 2. The number of hydrazine groups is 1. The van der Waals surface area contributed by atoms with E-state index in [0.717, 1.165) is 16.3 Å². The molecule has 0 saturated carbocycles. The Bertz CT molecular complexity index is 987. The number of carbonyl (C=O) groups excluding carboxylic acids is 2. The molecule has 2 N–H and O–H groups in total. The molecule has 0 spiro atoms. The molecule has 31 heavy (non-hydrogen) atoms. The van der Waals surface area contributed by atoms with Crippen molar-refractivity contribution in [3.8, 4) is 5.75 Å². The van der Waals surface area contributed by atoms with Gasteiger partial charge in [0.25, 0.3) is 11.8 Å². The lowest BCUT2D eigenvalue weighted by atomic mass is 10.1. The van der Waals surface area contributed by atoms with E-state index in [0.29, 0.717) is 23.8 Å². The number of nitrogens with one attached hydrogen (secondary N) is 2. The Balaban J connectivity index is 1.84. The van der Waals surface area contributed by atoms with Crippen LogP contribution in [0.3, 0.4) is 0 Å². The van der Waals surface area contributed by atoms with E-state index < -0.39 is 28.4 Å². The number of hydrogen-bond donors (Lipinski definition) is 2. The first kappa shape index (κ1) is 24.4. The Morgan fingerprint density at radius 1 is 1.00 bits per heavy atom. The molecule has 168 valence electrons. The third kappa shape index (κ3) is 7.37. The lowest BCUT2D eigenvalue weighted by molar-refractivity contribution is -0.121. The third-order valence-electron chi connectivity index (χ3n) is 4.49. The van der Waals surface area contributed by atoms with Crippen LogP contribution < -0.4 is 15.6 Å². The van der Waals surface area contributed by atoms with Gasteiger partial charge in [-0.3, -0.25) is 20.4 Å². The summed E-state index contributed by atoms with van der Waals surface area (Å²) in [5, 5.41) is 0.